The van der Waals surface area contributed by atoms with Gasteiger partial charge in [0.05, 0.1) is 6.42 Å². The van der Waals surface area contributed by atoms with Gasteiger partial charge in [0.25, 0.3) is 0 Å². The van der Waals surface area contributed by atoms with E-state index in [1.807, 2.05) is 0 Å². The minimum Gasteiger partial charge on any atom is -0.481 e. The second kappa shape index (κ2) is 3.51. The van der Waals surface area contributed by atoms with E-state index in [0.29, 0.717) is 5.71 Å². The zero-order valence-corrected chi connectivity index (χ0v) is 6.47. The molecule has 2 N–H and O–H groups in total. The van der Waals surface area contributed by atoms with Crippen molar-refractivity contribution in [3.05, 3.63) is 0 Å². The second-order valence-electron chi connectivity index (χ2n) is 3.07. The Morgan fingerprint density at radius 1 is 1.64 bits per heavy atom. The van der Waals surface area contributed by atoms with Crippen LogP contribution in [-0.2, 0) is 4.79 Å². The number of nitrogens with one attached hydrogen (secondary N) is 1. The fourth-order valence-corrected chi connectivity index (χ4v) is 1.52. The fourth-order valence-electron chi connectivity index (χ4n) is 1.52. The Hall–Kier alpha value is -0.860. The van der Waals surface area contributed by atoms with Crippen LogP contribution >= 0.6 is 0 Å². The summed E-state index contributed by atoms with van der Waals surface area (Å²) in [6.07, 6.45) is 4.00. The molecule has 1 saturated carbocycles. The molecule has 1 aliphatic carbocycles. The van der Waals surface area contributed by atoms with Crippen molar-refractivity contribution in [2.75, 3.05) is 0 Å². The van der Waals surface area contributed by atoms with Crippen molar-refractivity contribution in [1.29, 1.82) is 5.41 Å². The van der Waals surface area contributed by atoms with Crippen LogP contribution in [0, 0.1) is 11.3 Å². The Kier molecular flexibility index (Phi) is 2.63. The van der Waals surface area contributed by atoms with E-state index in [4.69, 9.17) is 10.5 Å². The van der Waals surface area contributed by atoms with E-state index in [-0.39, 0.29) is 12.3 Å². The third kappa shape index (κ3) is 2.33. The summed E-state index contributed by atoms with van der Waals surface area (Å²) in [6, 6.07) is 0. The van der Waals surface area contributed by atoms with Crippen LogP contribution in [0.1, 0.15) is 32.1 Å². The smallest absolute Gasteiger partial charge is 0.304 e. The minimum atomic E-state index is -0.776. The molecule has 1 fully saturated rings. The summed E-state index contributed by atoms with van der Waals surface area (Å²) in [5, 5.41) is 16.0. The van der Waals surface area contributed by atoms with Crippen LogP contribution in [0.15, 0.2) is 0 Å². The highest BCUT2D eigenvalue weighted by Crippen LogP contribution is 2.23. The molecule has 0 unspecified atom stereocenters. The molecule has 0 aliphatic heterocycles. The van der Waals surface area contributed by atoms with Crippen LogP contribution in [0.2, 0.25) is 0 Å². The molecule has 3 heteroatoms. The summed E-state index contributed by atoms with van der Waals surface area (Å²) in [7, 11) is 0. The lowest BCUT2D eigenvalue weighted by molar-refractivity contribution is -0.137. The standard InChI is InChI=1S/C8H13NO2/c9-7-4-2-1-3-6(7)5-8(10)11/h6,9H,1-5H2,(H,10,11)/t6-/m0/s1. The van der Waals surface area contributed by atoms with Gasteiger partial charge < -0.3 is 10.5 Å². The van der Waals surface area contributed by atoms with Gasteiger partial charge in [0.2, 0.25) is 0 Å². The molecule has 0 bridgehead atoms. The average Bonchev–Trinajstić information content (AvgIpc) is 1.93. The van der Waals surface area contributed by atoms with Gasteiger partial charge in [0.15, 0.2) is 0 Å². The van der Waals surface area contributed by atoms with Gasteiger partial charge in [-0.1, -0.05) is 6.42 Å². The summed E-state index contributed by atoms with van der Waals surface area (Å²) in [5.74, 6) is -0.747. The third-order valence-corrected chi connectivity index (χ3v) is 2.16. The second-order valence-corrected chi connectivity index (χ2v) is 3.07. The summed E-state index contributed by atoms with van der Waals surface area (Å²) < 4.78 is 0. The maximum absolute atomic E-state index is 10.3. The molecule has 11 heavy (non-hydrogen) atoms. The first-order chi connectivity index (χ1) is 5.20. The highest BCUT2D eigenvalue weighted by Gasteiger charge is 2.20. The van der Waals surface area contributed by atoms with Gasteiger partial charge in [-0.05, 0) is 19.3 Å². The molecule has 1 rings (SSSR count). The van der Waals surface area contributed by atoms with E-state index in [2.05, 4.69) is 0 Å². The molecule has 0 aromatic carbocycles. The van der Waals surface area contributed by atoms with Crippen LogP contribution in [-0.4, -0.2) is 16.8 Å². The Morgan fingerprint density at radius 3 is 2.91 bits per heavy atom. The van der Waals surface area contributed by atoms with Gasteiger partial charge >= 0.3 is 5.97 Å². The topological polar surface area (TPSA) is 61.2 Å². The van der Waals surface area contributed by atoms with E-state index < -0.39 is 5.97 Å². The summed E-state index contributed by atoms with van der Waals surface area (Å²) in [4.78, 5) is 10.3. The van der Waals surface area contributed by atoms with Crippen molar-refractivity contribution >= 4 is 11.7 Å². The van der Waals surface area contributed by atoms with Crippen LogP contribution < -0.4 is 0 Å². The number of hydrogen-bond acceptors (Lipinski definition) is 2. The predicted octanol–water partition coefficient (Wildman–Crippen LogP) is 1.67. The van der Waals surface area contributed by atoms with Gasteiger partial charge in [-0.2, -0.15) is 0 Å². The number of carboxylic acids is 1. The van der Waals surface area contributed by atoms with Crippen molar-refractivity contribution in [3.63, 3.8) is 0 Å². The maximum atomic E-state index is 10.3. The van der Waals surface area contributed by atoms with Crippen molar-refractivity contribution in [2.24, 2.45) is 5.92 Å². The Morgan fingerprint density at radius 2 is 2.36 bits per heavy atom. The molecule has 0 saturated heterocycles. The first kappa shape index (κ1) is 8.24. The highest BCUT2D eigenvalue weighted by atomic mass is 16.4. The molecular formula is C8H13NO2. The van der Waals surface area contributed by atoms with E-state index in [1.165, 1.54) is 0 Å². The molecule has 0 amide bonds. The number of aliphatic carboxylic acids is 1. The number of rotatable bonds is 2. The number of carboxylic acid groups (broad SMARTS) is 1. The van der Waals surface area contributed by atoms with Gasteiger partial charge in [-0.25, -0.2) is 0 Å². The van der Waals surface area contributed by atoms with Gasteiger partial charge in [-0.3, -0.25) is 4.79 Å². The number of carbonyl (C=O) groups is 1. The molecule has 62 valence electrons. The highest BCUT2D eigenvalue weighted by molar-refractivity contribution is 5.87. The zero-order chi connectivity index (χ0) is 8.27. The summed E-state index contributed by atoms with van der Waals surface area (Å²) in [5.41, 5.74) is 0.638. The van der Waals surface area contributed by atoms with Gasteiger partial charge in [0, 0.05) is 11.6 Å². The maximum Gasteiger partial charge on any atom is 0.304 e. The SMILES string of the molecule is N=C1CCCC[C@H]1CC(=O)O. The van der Waals surface area contributed by atoms with Crippen molar-refractivity contribution < 1.29 is 9.90 Å². The monoisotopic (exact) mass is 155 g/mol. The Labute approximate surface area is 65.9 Å². The molecular weight excluding hydrogens is 142 g/mol. The predicted molar refractivity (Wildman–Crippen MR) is 41.9 cm³/mol. The van der Waals surface area contributed by atoms with Crippen LogP contribution in [0.5, 0.6) is 0 Å². The Balaban J connectivity index is 2.42. The largest absolute Gasteiger partial charge is 0.481 e. The Bertz CT molecular complexity index is 177. The first-order valence-corrected chi connectivity index (χ1v) is 3.99. The molecule has 0 aromatic heterocycles. The third-order valence-electron chi connectivity index (χ3n) is 2.16. The van der Waals surface area contributed by atoms with E-state index in [0.717, 1.165) is 25.7 Å². The van der Waals surface area contributed by atoms with Crippen molar-refractivity contribution in [2.45, 2.75) is 32.1 Å². The van der Waals surface area contributed by atoms with Crippen molar-refractivity contribution in [3.8, 4) is 0 Å². The van der Waals surface area contributed by atoms with E-state index >= 15 is 0 Å². The van der Waals surface area contributed by atoms with Crippen LogP contribution in [0.25, 0.3) is 0 Å². The van der Waals surface area contributed by atoms with Crippen LogP contribution in [0.3, 0.4) is 0 Å². The molecule has 3 nitrogen and oxygen atoms in total. The fraction of sp³-hybridized carbons (Fsp3) is 0.750. The normalized spacial score (nSPS) is 25.1. The summed E-state index contributed by atoms with van der Waals surface area (Å²) in [6.45, 7) is 0. The zero-order valence-electron chi connectivity index (χ0n) is 6.47. The minimum absolute atomic E-state index is 0.0289. The molecule has 0 spiro atoms. The van der Waals surface area contributed by atoms with E-state index in [9.17, 15) is 4.79 Å². The average molecular weight is 155 g/mol. The first-order valence-electron chi connectivity index (χ1n) is 3.99. The molecule has 0 heterocycles. The molecule has 1 atom stereocenters. The summed E-state index contributed by atoms with van der Waals surface area (Å²) >= 11 is 0. The molecule has 0 aromatic rings. The number of hydrogen-bond donors (Lipinski definition) is 2. The van der Waals surface area contributed by atoms with Crippen molar-refractivity contribution in [1.82, 2.24) is 0 Å². The van der Waals surface area contributed by atoms with Gasteiger partial charge in [0.1, 0.15) is 0 Å². The lowest BCUT2D eigenvalue weighted by Gasteiger charge is -2.20. The van der Waals surface area contributed by atoms with Gasteiger partial charge in [-0.15, -0.1) is 0 Å². The van der Waals surface area contributed by atoms with Crippen LogP contribution in [0.4, 0.5) is 0 Å². The molecule has 1 aliphatic rings. The lowest BCUT2D eigenvalue weighted by atomic mass is 9.85. The quantitative estimate of drug-likeness (QED) is 0.637. The molecule has 0 radical (unpaired) electrons. The van der Waals surface area contributed by atoms with E-state index in [1.54, 1.807) is 0 Å². The lowest BCUT2D eigenvalue weighted by Crippen LogP contribution is -2.21.